The van der Waals surface area contributed by atoms with Crippen LogP contribution in [-0.2, 0) is 0 Å². The van der Waals surface area contributed by atoms with Crippen molar-refractivity contribution in [3.8, 4) is 0 Å². The Labute approximate surface area is 142 Å². The Balaban J connectivity index is 1.72. The zero-order chi connectivity index (χ0) is 16.7. The maximum atomic E-state index is 12.8. The molecule has 4 rings (SSSR count). The monoisotopic (exact) mass is 343 g/mol. The molecule has 1 fully saturated rings. The van der Waals surface area contributed by atoms with Crippen molar-refractivity contribution in [2.75, 3.05) is 12.3 Å². The van der Waals surface area contributed by atoms with Gasteiger partial charge >= 0.3 is 0 Å². The van der Waals surface area contributed by atoms with Crippen LogP contribution >= 0.6 is 11.6 Å². The molecule has 3 aromatic heterocycles. The summed E-state index contributed by atoms with van der Waals surface area (Å²) in [5, 5.41) is 0.0571. The number of aromatic nitrogens is 5. The number of carbonyl (C=O) groups excluding carboxylic acids is 1. The Morgan fingerprint density at radius 1 is 1.29 bits per heavy atom. The number of halogens is 1. The van der Waals surface area contributed by atoms with Gasteiger partial charge in [0, 0.05) is 25.1 Å². The van der Waals surface area contributed by atoms with Crippen LogP contribution in [0.15, 0.2) is 30.9 Å². The molecule has 1 unspecified atom stereocenters. The molecule has 0 spiro atoms. The molecule has 9 heteroatoms. The van der Waals surface area contributed by atoms with E-state index < -0.39 is 0 Å². The molecule has 0 aromatic carbocycles. The van der Waals surface area contributed by atoms with Crippen LogP contribution in [0.4, 0.5) is 5.82 Å². The fourth-order valence-corrected chi connectivity index (χ4v) is 3.24. The van der Waals surface area contributed by atoms with Gasteiger partial charge in [0.1, 0.15) is 22.9 Å². The SMILES string of the molecule is Nc1nccn2c(C3CCCN3C(=O)c3ccnc(Cl)n3)ncc12. The van der Waals surface area contributed by atoms with E-state index in [4.69, 9.17) is 17.3 Å². The first kappa shape index (κ1) is 14.8. The number of anilines is 1. The lowest BCUT2D eigenvalue weighted by atomic mass is 10.2. The molecule has 1 aliphatic heterocycles. The second-order valence-corrected chi connectivity index (χ2v) is 5.89. The number of nitrogens with two attached hydrogens (primary N) is 1. The lowest BCUT2D eigenvalue weighted by Crippen LogP contribution is -2.32. The van der Waals surface area contributed by atoms with Crippen molar-refractivity contribution in [2.45, 2.75) is 18.9 Å². The van der Waals surface area contributed by atoms with Crippen LogP contribution in [0.2, 0.25) is 5.28 Å². The third kappa shape index (κ3) is 2.35. The molecule has 0 aliphatic carbocycles. The van der Waals surface area contributed by atoms with Crippen molar-refractivity contribution in [3.63, 3.8) is 0 Å². The minimum Gasteiger partial charge on any atom is -0.382 e. The summed E-state index contributed by atoms with van der Waals surface area (Å²) in [6.07, 6.45) is 8.30. The number of hydrogen-bond donors (Lipinski definition) is 1. The highest BCUT2D eigenvalue weighted by molar-refractivity contribution is 6.28. The molecule has 24 heavy (non-hydrogen) atoms. The molecule has 0 saturated carbocycles. The van der Waals surface area contributed by atoms with Gasteiger partial charge in [0.25, 0.3) is 5.91 Å². The van der Waals surface area contributed by atoms with E-state index in [0.29, 0.717) is 12.4 Å². The summed E-state index contributed by atoms with van der Waals surface area (Å²) in [5.74, 6) is 1.00. The van der Waals surface area contributed by atoms with E-state index in [-0.39, 0.29) is 22.9 Å². The number of carbonyl (C=O) groups is 1. The van der Waals surface area contributed by atoms with E-state index in [2.05, 4.69) is 19.9 Å². The van der Waals surface area contributed by atoms with Crippen molar-refractivity contribution in [1.82, 2.24) is 29.2 Å². The Morgan fingerprint density at radius 3 is 3.00 bits per heavy atom. The minimum absolute atomic E-state index is 0.0571. The van der Waals surface area contributed by atoms with Crippen LogP contribution in [0.1, 0.15) is 35.2 Å². The molecule has 1 saturated heterocycles. The van der Waals surface area contributed by atoms with E-state index in [9.17, 15) is 4.79 Å². The van der Waals surface area contributed by atoms with Crippen LogP contribution in [0.25, 0.3) is 5.52 Å². The van der Waals surface area contributed by atoms with Crippen LogP contribution in [0, 0.1) is 0 Å². The van der Waals surface area contributed by atoms with E-state index >= 15 is 0 Å². The minimum atomic E-state index is -0.180. The first-order valence-electron chi connectivity index (χ1n) is 7.52. The van der Waals surface area contributed by atoms with Gasteiger partial charge in [0.15, 0.2) is 0 Å². The highest BCUT2D eigenvalue weighted by atomic mass is 35.5. The smallest absolute Gasteiger partial charge is 0.273 e. The third-order valence-electron chi connectivity index (χ3n) is 4.17. The molecular weight excluding hydrogens is 330 g/mol. The summed E-state index contributed by atoms with van der Waals surface area (Å²) in [4.78, 5) is 30.9. The number of hydrogen-bond acceptors (Lipinski definition) is 6. The summed E-state index contributed by atoms with van der Waals surface area (Å²) in [6.45, 7) is 0.639. The Hall–Kier alpha value is -2.74. The summed E-state index contributed by atoms with van der Waals surface area (Å²) >= 11 is 5.80. The molecule has 0 bridgehead atoms. The summed E-state index contributed by atoms with van der Waals surface area (Å²) in [5.41, 5.74) is 6.90. The van der Waals surface area contributed by atoms with Gasteiger partial charge in [0.05, 0.1) is 12.2 Å². The number of fused-ring (bicyclic) bond motifs is 1. The van der Waals surface area contributed by atoms with Gasteiger partial charge in [-0.25, -0.2) is 19.9 Å². The maximum Gasteiger partial charge on any atom is 0.273 e. The molecule has 1 aliphatic rings. The Bertz CT molecular complexity index is 925. The zero-order valence-electron chi connectivity index (χ0n) is 12.6. The second kappa shape index (κ2) is 5.72. The summed E-state index contributed by atoms with van der Waals surface area (Å²) < 4.78 is 1.88. The molecule has 2 N–H and O–H groups in total. The van der Waals surface area contributed by atoms with Crippen molar-refractivity contribution in [1.29, 1.82) is 0 Å². The fraction of sp³-hybridized carbons (Fsp3) is 0.267. The summed E-state index contributed by atoms with van der Waals surface area (Å²) in [7, 11) is 0. The lowest BCUT2D eigenvalue weighted by molar-refractivity contribution is 0.0723. The van der Waals surface area contributed by atoms with Gasteiger partial charge < -0.3 is 10.6 Å². The number of amides is 1. The lowest BCUT2D eigenvalue weighted by Gasteiger charge is -2.23. The molecule has 1 amide bonds. The largest absolute Gasteiger partial charge is 0.382 e. The molecule has 8 nitrogen and oxygen atoms in total. The van der Waals surface area contributed by atoms with Gasteiger partial charge in [-0.2, -0.15) is 0 Å². The highest BCUT2D eigenvalue weighted by Gasteiger charge is 2.34. The quantitative estimate of drug-likeness (QED) is 0.711. The molecule has 1 atom stereocenters. The van der Waals surface area contributed by atoms with Crippen LogP contribution < -0.4 is 5.73 Å². The summed E-state index contributed by atoms with van der Waals surface area (Å²) in [6, 6.07) is 1.42. The van der Waals surface area contributed by atoms with E-state index in [1.807, 2.05) is 4.40 Å². The number of nitrogens with zero attached hydrogens (tertiary/aromatic N) is 6. The van der Waals surface area contributed by atoms with E-state index in [0.717, 1.165) is 24.2 Å². The predicted molar refractivity (Wildman–Crippen MR) is 87.5 cm³/mol. The van der Waals surface area contributed by atoms with Gasteiger partial charge in [-0.05, 0) is 30.5 Å². The first-order chi connectivity index (χ1) is 11.6. The topological polar surface area (TPSA) is 102 Å². The van der Waals surface area contributed by atoms with Gasteiger partial charge in [-0.15, -0.1) is 0 Å². The standard InChI is InChI=1S/C15H14ClN7O/c16-15-19-4-3-9(21-15)14(24)23-6-1-2-10(23)13-20-8-11-12(17)18-5-7-22(11)13/h3-5,7-8,10H,1-2,6H2,(H2,17,18). The average molecular weight is 344 g/mol. The molecule has 122 valence electrons. The van der Waals surface area contributed by atoms with Crippen molar-refractivity contribution in [2.24, 2.45) is 0 Å². The van der Waals surface area contributed by atoms with Gasteiger partial charge in [-0.3, -0.25) is 9.20 Å². The van der Waals surface area contributed by atoms with Crippen molar-refractivity contribution >= 4 is 28.8 Å². The Morgan fingerprint density at radius 2 is 2.17 bits per heavy atom. The van der Waals surface area contributed by atoms with Crippen molar-refractivity contribution < 1.29 is 4.79 Å². The number of likely N-dealkylation sites (tertiary alicyclic amines) is 1. The number of rotatable bonds is 2. The normalized spacial score (nSPS) is 17.5. The fourth-order valence-electron chi connectivity index (χ4n) is 3.09. The van der Waals surface area contributed by atoms with Gasteiger partial charge in [-0.1, -0.05) is 0 Å². The van der Waals surface area contributed by atoms with E-state index in [1.54, 1.807) is 29.6 Å². The average Bonchev–Trinajstić information content (AvgIpc) is 3.21. The highest BCUT2D eigenvalue weighted by Crippen LogP contribution is 2.33. The Kier molecular flexibility index (Phi) is 3.53. The molecular formula is C15H14ClN7O. The van der Waals surface area contributed by atoms with E-state index in [1.165, 1.54) is 6.20 Å². The molecule has 0 radical (unpaired) electrons. The molecule has 4 heterocycles. The van der Waals surface area contributed by atoms with Crippen LogP contribution in [0.5, 0.6) is 0 Å². The van der Waals surface area contributed by atoms with Crippen molar-refractivity contribution in [3.05, 3.63) is 47.7 Å². The zero-order valence-corrected chi connectivity index (χ0v) is 13.4. The number of imidazole rings is 1. The predicted octanol–water partition coefficient (Wildman–Crippen LogP) is 1.73. The van der Waals surface area contributed by atoms with Crippen LogP contribution in [-0.4, -0.2) is 41.7 Å². The van der Waals surface area contributed by atoms with Gasteiger partial charge in [0.2, 0.25) is 5.28 Å². The first-order valence-corrected chi connectivity index (χ1v) is 7.90. The third-order valence-corrected chi connectivity index (χ3v) is 4.36. The number of nitrogen functional groups attached to an aromatic ring is 1. The molecule has 3 aromatic rings. The maximum absolute atomic E-state index is 12.8. The second-order valence-electron chi connectivity index (χ2n) is 5.55. The van der Waals surface area contributed by atoms with Crippen LogP contribution in [0.3, 0.4) is 0 Å².